The van der Waals surface area contributed by atoms with E-state index >= 15 is 0 Å². The molecule has 1 spiro atoms. The van der Waals surface area contributed by atoms with Crippen molar-refractivity contribution >= 4 is 0 Å². The van der Waals surface area contributed by atoms with Crippen molar-refractivity contribution in [3.05, 3.63) is 46.5 Å². The standard InChI is InChI=1S/C31H44O3/c1-29(2)19-33-31(34-20-29)15-12-24-23(17-31)10-11-25-27-5-4-14-30(27,3)18-26(28(24)25)22-8-6-21(7-9-22)13-16-32/h6-9,23,25-27,32H,4-5,10-20H2,1-3H3. The maximum absolute atomic E-state index is 9.36. The molecule has 0 amide bonds. The highest BCUT2D eigenvalue weighted by molar-refractivity contribution is 5.41. The number of hydrogen-bond acceptors (Lipinski definition) is 3. The van der Waals surface area contributed by atoms with Crippen molar-refractivity contribution in [2.24, 2.45) is 28.6 Å². The smallest absolute Gasteiger partial charge is 0.169 e. The van der Waals surface area contributed by atoms with Crippen molar-refractivity contribution in [3.63, 3.8) is 0 Å². The van der Waals surface area contributed by atoms with Crippen LogP contribution in [0.5, 0.6) is 0 Å². The Morgan fingerprint density at radius 1 is 0.941 bits per heavy atom. The van der Waals surface area contributed by atoms with Crippen molar-refractivity contribution in [1.29, 1.82) is 0 Å². The van der Waals surface area contributed by atoms with E-state index in [2.05, 4.69) is 45.0 Å². The van der Waals surface area contributed by atoms with Crippen LogP contribution in [0.4, 0.5) is 0 Å². The van der Waals surface area contributed by atoms with Crippen molar-refractivity contribution in [1.82, 2.24) is 0 Å². The third-order valence-electron chi connectivity index (χ3n) is 10.3. The maximum atomic E-state index is 9.36. The zero-order chi connectivity index (χ0) is 23.6. The Balaban J connectivity index is 1.35. The van der Waals surface area contributed by atoms with Gasteiger partial charge in [0.15, 0.2) is 5.79 Å². The summed E-state index contributed by atoms with van der Waals surface area (Å²) in [4.78, 5) is 0. The van der Waals surface area contributed by atoms with Gasteiger partial charge in [-0.1, -0.05) is 62.6 Å². The summed E-state index contributed by atoms with van der Waals surface area (Å²) in [6.07, 6.45) is 12.2. The van der Waals surface area contributed by atoms with Gasteiger partial charge in [0.1, 0.15) is 0 Å². The van der Waals surface area contributed by atoms with Crippen LogP contribution in [-0.4, -0.2) is 30.7 Å². The van der Waals surface area contributed by atoms with E-state index < -0.39 is 0 Å². The fraction of sp³-hybridized carbons (Fsp3) is 0.742. The van der Waals surface area contributed by atoms with Crippen LogP contribution < -0.4 is 0 Å². The highest BCUT2D eigenvalue weighted by Crippen LogP contribution is 2.64. The van der Waals surface area contributed by atoms with Gasteiger partial charge < -0.3 is 14.6 Å². The molecule has 0 radical (unpaired) electrons. The summed E-state index contributed by atoms with van der Waals surface area (Å²) in [5.41, 5.74) is 7.00. The van der Waals surface area contributed by atoms with E-state index in [1.807, 2.05) is 5.57 Å². The fourth-order valence-corrected chi connectivity index (χ4v) is 8.58. The van der Waals surface area contributed by atoms with Gasteiger partial charge in [0, 0.05) is 30.8 Å². The lowest BCUT2D eigenvalue weighted by Crippen LogP contribution is -2.51. The molecule has 1 aromatic carbocycles. The molecule has 1 heterocycles. The molecule has 6 rings (SSSR count). The van der Waals surface area contributed by atoms with Crippen LogP contribution in [0.3, 0.4) is 0 Å². The minimum absolute atomic E-state index is 0.130. The number of fused-ring (bicyclic) bond motifs is 4. The topological polar surface area (TPSA) is 38.7 Å². The van der Waals surface area contributed by atoms with Crippen molar-refractivity contribution in [3.8, 4) is 0 Å². The molecular weight excluding hydrogens is 420 g/mol. The van der Waals surface area contributed by atoms with Gasteiger partial charge in [-0.15, -0.1) is 0 Å². The van der Waals surface area contributed by atoms with E-state index in [0.29, 0.717) is 17.3 Å². The predicted octanol–water partition coefficient (Wildman–Crippen LogP) is 6.79. The van der Waals surface area contributed by atoms with Crippen LogP contribution in [0, 0.1) is 28.6 Å². The monoisotopic (exact) mass is 464 g/mol. The van der Waals surface area contributed by atoms with E-state index in [1.54, 1.807) is 5.57 Å². The Hall–Kier alpha value is -1.16. The maximum Gasteiger partial charge on any atom is 0.169 e. The second-order valence-corrected chi connectivity index (χ2v) is 13.3. The Bertz CT molecular complexity index is 934. The van der Waals surface area contributed by atoms with Gasteiger partial charge in [-0.25, -0.2) is 0 Å². The molecule has 4 fully saturated rings. The van der Waals surface area contributed by atoms with Crippen LogP contribution in [0.15, 0.2) is 35.4 Å². The molecule has 34 heavy (non-hydrogen) atoms. The molecule has 5 aliphatic rings. The highest BCUT2D eigenvalue weighted by Gasteiger charge is 2.54. The lowest BCUT2D eigenvalue weighted by Gasteiger charge is -2.54. The SMILES string of the molecule is CC1(C)COC2(CCC3=C4C(c5ccc(CCO)cc5)CC5(C)CCCC5C4CCC3C2)OC1. The highest BCUT2D eigenvalue weighted by atomic mass is 16.7. The van der Waals surface area contributed by atoms with Crippen molar-refractivity contribution in [2.45, 2.75) is 96.7 Å². The van der Waals surface area contributed by atoms with Gasteiger partial charge in [-0.2, -0.15) is 0 Å². The summed E-state index contributed by atoms with van der Waals surface area (Å²) in [7, 11) is 0. The predicted molar refractivity (Wildman–Crippen MR) is 136 cm³/mol. The van der Waals surface area contributed by atoms with Crippen molar-refractivity contribution in [2.75, 3.05) is 19.8 Å². The first-order chi connectivity index (χ1) is 16.3. The van der Waals surface area contributed by atoms with Gasteiger partial charge in [-0.3, -0.25) is 0 Å². The molecule has 3 nitrogen and oxygen atoms in total. The van der Waals surface area contributed by atoms with E-state index in [4.69, 9.17) is 9.47 Å². The molecule has 1 aliphatic heterocycles. The largest absolute Gasteiger partial charge is 0.396 e. The van der Waals surface area contributed by atoms with Gasteiger partial charge in [0.2, 0.25) is 0 Å². The Morgan fingerprint density at radius 2 is 1.71 bits per heavy atom. The Kier molecular flexibility index (Phi) is 5.78. The Labute approximate surface area is 206 Å². The van der Waals surface area contributed by atoms with Crippen LogP contribution >= 0.6 is 0 Å². The second-order valence-electron chi connectivity index (χ2n) is 13.3. The number of aliphatic hydroxyl groups is 1. The van der Waals surface area contributed by atoms with Crippen LogP contribution in [-0.2, 0) is 15.9 Å². The Morgan fingerprint density at radius 3 is 2.44 bits per heavy atom. The molecular formula is C31H44O3. The number of hydrogen-bond donors (Lipinski definition) is 1. The van der Waals surface area contributed by atoms with Gasteiger partial charge in [0.25, 0.3) is 0 Å². The van der Waals surface area contributed by atoms with Crippen LogP contribution in [0.1, 0.15) is 95.6 Å². The molecule has 5 atom stereocenters. The normalized spacial score (nSPS) is 38.4. The minimum Gasteiger partial charge on any atom is -0.396 e. The van der Waals surface area contributed by atoms with Crippen LogP contribution in [0.25, 0.3) is 0 Å². The average molecular weight is 465 g/mol. The molecule has 4 aliphatic carbocycles. The summed E-state index contributed by atoms with van der Waals surface area (Å²) in [6, 6.07) is 9.28. The fourth-order valence-electron chi connectivity index (χ4n) is 8.58. The molecule has 1 saturated heterocycles. The number of allylic oxidation sites excluding steroid dienone is 2. The lowest BCUT2D eigenvalue weighted by atomic mass is 9.52. The second kappa shape index (κ2) is 8.46. The van der Waals surface area contributed by atoms with Gasteiger partial charge >= 0.3 is 0 Å². The quantitative estimate of drug-likeness (QED) is 0.501. The average Bonchev–Trinajstić information content (AvgIpc) is 3.23. The van der Waals surface area contributed by atoms with Crippen LogP contribution in [0.2, 0.25) is 0 Å². The number of rotatable bonds is 3. The third kappa shape index (κ3) is 3.91. The minimum atomic E-state index is -0.338. The van der Waals surface area contributed by atoms with E-state index in [0.717, 1.165) is 50.7 Å². The number of aliphatic hydroxyl groups excluding tert-OH is 1. The summed E-state index contributed by atoms with van der Waals surface area (Å²) in [5.74, 6) is 2.50. The first-order valence-corrected chi connectivity index (χ1v) is 14.0. The molecule has 0 aromatic heterocycles. The lowest BCUT2D eigenvalue weighted by molar-refractivity contribution is -0.312. The summed E-state index contributed by atoms with van der Waals surface area (Å²) in [5, 5.41) is 9.36. The summed E-state index contributed by atoms with van der Waals surface area (Å²) in [6.45, 7) is 8.96. The first kappa shape index (κ1) is 23.3. The summed E-state index contributed by atoms with van der Waals surface area (Å²) < 4.78 is 12.9. The molecule has 1 N–H and O–H groups in total. The molecule has 3 heteroatoms. The third-order valence-corrected chi connectivity index (χ3v) is 10.3. The number of ether oxygens (including phenoxy) is 2. The first-order valence-electron chi connectivity index (χ1n) is 14.0. The molecule has 3 saturated carbocycles. The molecule has 0 bridgehead atoms. The van der Waals surface area contributed by atoms with Crippen molar-refractivity contribution < 1.29 is 14.6 Å². The zero-order valence-corrected chi connectivity index (χ0v) is 21.6. The molecule has 186 valence electrons. The van der Waals surface area contributed by atoms with E-state index in [9.17, 15) is 5.11 Å². The van der Waals surface area contributed by atoms with Gasteiger partial charge in [0.05, 0.1) is 13.2 Å². The molecule has 1 aromatic rings. The molecule has 5 unspecified atom stereocenters. The van der Waals surface area contributed by atoms with E-state index in [1.165, 1.54) is 49.7 Å². The number of benzene rings is 1. The zero-order valence-electron chi connectivity index (χ0n) is 21.6. The van der Waals surface area contributed by atoms with Gasteiger partial charge in [-0.05, 0) is 79.2 Å². The summed E-state index contributed by atoms with van der Waals surface area (Å²) >= 11 is 0. The van der Waals surface area contributed by atoms with E-state index in [-0.39, 0.29) is 17.8 Å².